The second-order valence-electron chi connectivity index (χ2n) is 13.9. The highest BCUT2D eigenvalue weighted by Gasteiger charge is 2.70. The van der Waals surface area contributed by atoms with Crippen LogP contribution in [0.5, 0.6) is 11.5 Å². The van der Waals surface area contributed by atoms with Gasteiger partial charge in [0.1, 0.15) is 22.9 Å². The number of carboxylic acid groups (broad SMARTS) is 1. The molecule has 4 N–H and O–H groups in total. The monoisotopic (exact) mass is 735 g/mol. The summed E-state index contributed by atoms with van der Waals surface area (Å²) in [4.78, 5) is 70.9. The SMILES string of the molecule is Cc1cc([C@H]2C3=CC[C@@H]4C(=O)N(c5ccc(C(=O)O)c(O)c5)C(=O)[C@@H]4[C@@H]3C[C@H]3C(=O)N(Nc4ccc(F)cc4)C(=O)[C@@]23c2ccc(Cl)cc2)ccc1O. The van der Waals surface area contributed by atoms with Crippen molar-refractivity contribution in [3.8, 4) is 11.5 Å². The van der Waals surface area contributed by atoms with Crippen LogP contribution in [0.2, 0.25) is 5.02 Å². The molecule has 8 rings (SSSR count). The van der Waals surface area contributed by atoms with E-state index >= 15 is 4.79 Å². The van der Waals surface area contributed by atoms with Crippen LogP contribution in [-0.4, -0.2) is 49.9 Å². The number of hydrogen-bond donors (Lipinski definition) is 4. The normalized spacial score (nSPS) is 26.2. The Morgan fingerprint density at radius 3 is 2.25 bits per heavy atom. The summed E-state index contributed by atoms with van der Waals surface area (Å²) in [5.41, 5.74) is 3.51. The van der Waals surface area contributed by atoms with Gasteiger partial charge in [0.05, 0.1) is 34.5 Å². The Kier molecular flexibility index (Phi) is 7.91. The summed E-state index contributed by atoms with van der Waals surface area (Å²) in [6.45, 7) is 1.71. The second-order valence-corrected chi connectivity index (χ2v) is 14.4. The molecule has 53 heavy (non-hydrogen) atoms. The molecule has 0 radical (unpaired) electrons. The number of benzene rings is 4. The molecule has 1 saturated carbocycles. The first-order valence-corrected chi connectivity index (χ1v) is 17.3. The Morgan fingerprint density at radius 2 is 1.58 bits per heavy atom. The van der Waals surface area contributed by atoms with E-state index in [1.165, 1.54) is 36.4 Å². The number of fused-ring (bicyclic) bond motifs is 4. The van der Waals surface area contributed by atoms with Crippen molar-refractivity contribution in [1.29, 1.82) is 0 Å². The summed E-state index contributed by atoms with van der Waals surface area (Å²) in [6.07, 6.45) is 2.01. The van der Waals surface area contributed by atoms with Gasteiger partial charge < -0.3 is 15.3 Å². The van der Waals surface area contributed by atoms with E-state index in [9.17, 15) is 38.9 Å². The number of hydrogen-bond acceptors (Lipinski definition) is 8. The van der Waals surface area contributed by atoms with E-state index in [2.05, 4.69) is 5.43 Å². The molecule has 13 heteroatoms. The molecule has 4 aromatic rings. The molecular formula is C40H31ClFN3O8. The number of aryl methyl sites for hydroxylation is 1. The standard InChI is InChI=1S/C40H31ClFN3O8/c1-19-16-20(2-15-31(19)46)34-26-13-14-28-33(37(50)44(35(28)48)25-11-12-27(38(51)52)32(47)17-25)29(26)18-30-36(49)45(43-24-9-7-23(42)8-10-24)39(53)40(30,34)21-3-5-22(41)6-4-21/h2-13,15-17,28-30,33-34,43,46-47H,14,18H2,1H3,(H,51,52)/t28-,29+,30-,33-,34-,40+/m0/s1. The lowest BCUT2D eigenvalue weighted by Crippen LogP contribution is -2.53. The molecule has 2 aliphatic heterocycles. The van der Waals surface area contributed by atoms with Crippen molar-refractivity contribution in [3.63, 3.8) is 0 Å². The Labute approximate surface area is 306 Å². The van der Waals surface area contributed by atoms with E-state index in [4.69, 9.17) is 11.6 Å². The van der Waals surface area contributed by atoms with Crippen molar-refractivity contribution in [2.75, 3.05) is 10.3 Å². The van der Waals surface area contributed by atoms with Crippen molar-refractivity contribution in [2.24, 2.45) is 23.7 Å². The zero-order valence-corrected chi connectivity index (χ0v) is 28.8. The van der Waals surface area contributed by atoms with Gasteiger partial charge in [-0.15, -0.1) is 0 Å². The summed E-state index contributed by atoms with van der Waals surface area (Å²) < 4.78 is 13.9. The highest BCUT2D eigenvalue weighted by atomic mass is 35.5. The van der Waals surface area contributed by atoms with E-state index in [1.54, 1.807) is 43.3 Å². The predicted molar refractivity (Wildman–Crippen MR) is 189 cm³/mol. The molecule has 11 nitrogen and oxygen atoms in total. The van der Waals surface area contributed by atoms with Crippen LogP contribution in [0.25, 0.3) is 0 Å². The quantitative estimate of drug-likeness (QED) is 0.136. The maximum atomic E-state index is 15.2. The van der Waals surface area contributed by atoms with Gasteiger partial charge >= 0.3 is 5.97 Å². The number of halogens is 2. The minimum atomic E-state index is -1.59. The minimum Gasteiger partial charge on any atom is -0.508 e. The van der Waals surface area contributed by atoms with Crippen LogP contribution >= 0.6 is 11.6 Å². The zero-order chi connectivity index (χ0) is 37.5. The summed E-state index contributed by atoms with van der Waals surface area (Å²) >= 11 is 6.33. The highest BCUT2D eigenvalue weighted by molar-refractivity contribution is 6.30. The predicted octanol–water partition coefficient (Wildman–Crippen LogP) is 6.09. The molecule has 3 fully saturated rings. The summed E-state index contributed by atoms with van der Waals surface area (Å²) in [6, 6.07) is 20.3. The number of hydrazine groups is 1. The van der Waals surface area contributed by atoms with E-state index < -0.39 is 81.7 Å². The molecule has 4 aromatic carbocycles. The number of aromatic hydroxyl groups is 2. The number of aromatic carboxylic acids is 1. The van der Waals surface area contributed by atoms with Crippen LogP contribution in [0.3, 0.4) is 0 Å². The molecule has 0 bridgehead atoms. The Hall–Kier alpha value is -6.01. The third kappa shape index (κ3) is 5.03. The number of carboxylic acids is 1. The first kappa shape index (κ1) is 34.1. The molecule has 6 atom stereocenters. The lowest BCUT2D eigenvalue weighted by Gasteiger charge is -2.50. The third-order valence-electron chi connectivity index (χ3n) is 11.3. The van der Waals surface area contributed by atoms with Gasteiger partial charge in [-0.05, 0) is 97.0 Å². The fourth-order valence-electron chi connectivity index (χ4n) is 8.98. The number of amides is 4. The number of allylic oxidation sites excluding steroid dienone is 2. The number of carbonyl (C=O) groups is 5. The van der Waals surface area contributed by atoms with Crippen molar-refractivity contribution >= 4 is 52.6 Å². The van der Waals surface area contributed by atoms with Gasteiger partial charge in [-0.2, -0.15) is 5.01 Å². The van der Waals surface area contributed by atoms with Crippen LogP contribution in [0.4, 0.5) is 15.8 Å². The molecule has 268 valence electrons. The smallest absolute Gasteiger partial charge is 0.339 e. The highest BCUT2D eigenvalue weighted by Crippen LogP contribution is 2.64. The van der Waals surface area contributed by atoms with Crippen LogP contribution in [-0.2, 0) is 24.6 Å². The number of nitrogens with one attached hydrogen (secondary N) is 1. The zero-order valence-electron chi connectivity index (χ0n) is 28.0. The van der Waals surface area contributed by atoms with Crippen molar-refractivity contribution in [2.45, 2.75) is 31.1 Å². The van der Waals surface area contributed by atoms with Gasteiger partial charge in [-0.1, -0.05) is 47.5 Å². The van der Waals surface area contributed by atoms with Gasteiger partial charge in [-0.25, -0.2) is 14.1 Å². The molecule has 0 unspecified atom stereocenters. The first-order valence-electron chi connectivity index (χ1n) is 16.9. The average Bonchev–Trinajstić information content (AvgIpc) is 3.51. The molecular weight excluding hydrogens is 705 g/mol. The number of phenolic OH excluding ortho intramolecular Hbond substituents is 1. The molecule has 4 aliphatic rings. The Bertz CT molecular complexity index is 2290. The molecule has 2 aliphatic carbocycles. The lowest BCUT2D eigenvalue weighted by atomic mass is 9.49. The fourth-order valence-corrected chi connectivity index (χ4v) is 9.11. The number of imide groups is 2. The molecule has 0 spiro atoms. The number of rotatable bonds is 6. The lowest BCUT2D eigenvalue weighted by molar-refractivity contribution is -0.138. The molecule has 4 amide bonds. The van der Waals surface area contributed by atoms with Crippen molar-refractivity contribution < 1.29 is 43.7 Å². The molecule has 2 heterocycles. The van der Waals surface area contributed by atoms with E-state index in [0.29, 0.717) is 27.3 Å². The minimum absolute atomic E-state index is 0.00538. The largest absolute Gasteiger partial charge is 0.508 e. The molecule has 0 aromatic heterocycles. The van der Waals surface area contributed by atoms with Crippen LogP contribution in [0, 0.1) is 36.4 Å². The number of phenols is 2. The van der Waals surface area contributed by atoms with E-state index in [1.807, 2.05) is 6.08 Å². The summed E-state index contributed by atoms with van der Waals surface area (Å²) in [5, 5.41) is 31.7. The summed E-state index contributed by atoms with van der Waals surface area (Å²) in [5.74, 6) is -9.15. The Morgan fingerprint density at radius 1 is 0.868 bits per heavy atom. The van der Waals surface area contributed by atoms with Gasteiger partial charge in [0.25, 0.3) is 11.8 Å². The number of carbonyl (C=O) groups excluding carboxylic acids is 4. The Balaban J connectivity index is 1.30. The van der Waals surface area contributed by atoms with E-state index in [0.717, 1.165) is 22.0 Å². The van der Waals surface area contributed by atoms with E-state index in [-0.39, 0.29) is 30.0 Å². The topological polar surface area (TPSA) is 165 Å². The second kappa shape index (κ2) is 12.3. The maximum Gasteiger partial charge on any atom is 0.339 e. The van der Waals surface area contributed by atoms with Gasteiger partial charge in [0.2, 0.25) is 11.8 Å². The van der Waals surface area contributed by atoms with Crippen molar-refractivity contribution in [1.82, 2.24) is 5.01 Å². The molecule has 2 saturated heterocycles. The number of nitrogens with zero attached hydrogens (tertiary/aromatic N) is 2. The van der Waals surface area contributed by atoms with Crippen LogP contribution in [0.1, 0.15) is 45.8 Å². The maximum absolute atomic E-state index is 15.2. The van der Waals surface area contributed by atoms with Crippen LogP contribution in [0.15, 0.2) is 96.6 Å². The van der Waals surface area contributed by atoms with Crippen LogP contribution < -0.4 is 10.3 Å². The van der Waals surface area contributed by atoms with Gasteiger partial charge in [-0.3, -0.25) is 24.6 Å². The van der Waals surface area contributed by atoms with Gasteiger partial charge in [0.15, 0.2) is 0 Å². The first-order chi connectivity index (χ1) is 25.3. The number of anilines is 2. The van der Waals surface area contributed by atoms with Gasteiger partial charge in [0, 0.05) is 17.0 Å². The van der Waals surface area contributed by atoms with Crippen molar-refractivity contribution in [3.05, 3.63) is 130 Å². The average molecular weight is 736 g/mol. The summed E-state index contributed by atoms with van der Waals surface area (Å²) in [7, 11) is 0. The third-order valence-corrected chi connectivity index (χ3v) is 11.5. The fraction of sp³-hybridized carbons (Fsp3) is 0.225.